The Morgan fingerprint density at radius 2 is 1.40 bits per heavy atom. The van der Waals surface area contributed by atoms with E-state index in [-0.39, 0.29) is 0 Å². The Hall–Kier alpha value is -1.14. The van der Waals surface area contributed by atoms with Crippen molar-refractivity contribution in [2.75, 3.05) is 13.2 Å². The van der Waals surface area contributed by atoms with Gasteiger partial charge in [-0.15, -0.1) is 0 Å². The van der Waals surface area contributed by atoms with Crippen molar-refractivity contribution in [3.8, 4) is 0 Å². The van der Waals surface area contributed by atoms with Crippen LogP contribution in [-0.4, -0.2) is 43.1 Å². The second-order valence-corrected chi connectivity index (χ2v) is 3.90. The minimum atomic E-state index is -1.02. The molecule has 0 aromatic rings. The lowest BCUT2D eigenvalue weighted by atomic mass is 10.5. The van der Waals surface area contributed by atoms with Gasteiger partial charge in [-0.2, -0.15) is 0 Å². The normalized spacial score (nSPS) is 34.1. The zero-order valence-corrected chi connectivity index (χ0v) is 7.93. The Bertz CT molecular complexity index is 285. The number of hydrogen-bond donors (Lipinski definition) is 0. The molecule has 0 aromatic carbocycles. The van der Waals surface area contributed by atoms with Crippen LogP contribution in [-0.2, 0) is 28.5 Å². The van der Waals surface area contributed by atoms with Crippen molar-refractivity contribution < 1.29 is 28.5 Å². The summed E-state index contributed by atoms with van der Waals surface area (Å²) in [5.41, 5.74) is 0. The Labute approximate surface area is 85.4 Å². The van der Waals surface area contributed by atoms with E-state index in [2.05, 4.69) is 0 Å². The van der Waals surface area contributed by atoms with E-state index in [1.54, 1.807) is 0 Å². The van der Waals surface area contributed by atoms with Gasteiger partial charge >= 0.3 is 11.9 Å². The Kier molecular flexibility index (Phi) is 1.78. The van der Waals surface area contributed by atoms with Crippen LogP contribution in [0.2, 0.25) is 0 Å². The quantitative estimate of drug-likeness (QED) is 0.352. The second kappa shape index (κ2) is 2.93. The third-order valence-corrected chi connectivity index (χ3v) is 2.42. The minimum absolute atomic E-state index is 0.397. The van der Waals surface area contributed by atoms with Crippen molar-refractivity contribution >= 4 is 11.9 Å². The van der Waals surface area contributed by atoms with Crippen LogP contribution in [0, 0.1) is 0 Å². The first-order valence-corrected chi connectivity index (χ1v) is 4.87. The van der Waals surface area contributed by atoms with E-state index in [1.807, 2.05) is 0 Å². The van der Waals surface area contributed by atoms with Crippen LogP contribution >= 0.6 is 0 Å². The van der Waals surface area contributed by atoms with Gasteiger partial charge in [0.25, 0.3) is 5.79 Å². The fourth-order valence-electron chi connectivity index (χ4n) is 1.19. The number of carbonyl (C=O) groups excluding carboxylic acids is 2. The van der Waals surface area contributed by atoms with E-state index >= 15 is 0 Å². The number of rotatable bonds is 4. The molecule has 15 heavy (non-hydrogen) atoms. The Balaban J connectivity index is 1.53. The molecule has 1 saturated carbocycles. The van der Waals surface area contributed by atoms with Gasteiger partial charge in [-0.3, -0.25) is 0 Å². The van der Waals surface area contributed by atoms with Crippen LogP contribution < -0.4 is 0 Å². The fraction of sp³-hybridized carbons (Fsp3) is 0.778. The third-order valence-electron chi connectivity index (χ3n) is 2.42. The highest BCUT2D eigenvalue weighted by Crippen LogP contribution is 2.42. The van der Waals surface area contributed by atoms with E-state index in [0.717, 1.165) is 0 Å². The summed E-state index contributed by atoms with van der Waals surface area (Å²) in [7, 11) is 0. The molecular weight excluding hydrogens is 204 g/mol. The molecule has 3 aliphatic rings. The van der Waals surface area contributed by atoms with Crippen LogP contribution in [0.25, 0.3) is 0 Å². The lowest BCUT2D eigenvalue weighted by Gasteiger charge is -2.15. The monoisotopic (exact) mass is 214 g/mol. The van der Waals surface area contributed by atoms with Crippen LogP contribution in [0.1, 0.15) is 12.8 Å². The van der Waals surface area contributed by atoms with Crippen molar-refractivity contribution in [2.24, 2.45) is 0 Å². The van der Waals surface area contributed by atoms with E-state index in [0.29, 0.717) is 26.1 Å². The van der Waals surface area contributed by atoms with Gasteiger partial charge in [-0.25, -0.2) is 9.59 Å². The van der Waals surface area contributed by atoms with Gasteiger partial charge in [-0.1, -0.05) is 0 Å². The number of epoxide rings is 2. The third kappa shape index (κ3) is 1.95. The molecule has 6 heteroatoms. The van der Waals surface area contributed by atoms with E-state index in [9.17, 15) is 9.59 Å². The largest absolute Gasteiger partial charge is 0.420 e. The summed E-state index contributed by atoms with van der Waals surface area (Å²) in [6.07, 6.45) is 0.199. The van der Waals surface area contributed by atoms with Crippen molar-refractivity contribution in [1.82, 2.24) is 0 Å². The molecule has 2 heterocycles. The second-order valence-electron chi connectivity index (χ2n) is 3.90. The highest BCUT2D eigenvalue weighted by Gasteiger charge is 2.55. The highest BCUT2D eigenvalue weighted by atomic mass is 16.8. The number of carbonyl (C=O) groups is 2. The molecule has 0 amide bonds. The van der Waals surface area contributed by atoms with Gasteiger partial charge in [0.05, 0.1) is 13.2 Å². The molecule has 0 spiro atoms. The maximum absolute atomic E-state index is 11.3. The van der Waals surface area contributed by atoms with Crippen LogP contribution in [0.4, 0.5) is 0 Å². The van der Waals surface area contributed by atoms with Crippen molar-refractivity contribution in [3.05, 3.63) is 0 Å². The lowest BCUT2D eigenvalue weighted by Crippen LogP contribution is -2.30. The van der Waals surface area contributed by atoms with Gasteiger partial charge < -0.3 is 18.9 Å². The fourth-order valence-corrected chi connectivity index (χ4v) is 1.19. The minimum Gasteiger partial charge on any atom is -0.420 e. The lowest BCUT2D eigenvalue weighted by molar-refractivity contribution is -0.198. The topological polar surface area (TPSA) is 77.7 Å². The van der Waals surface area contributed by atoms with Crippen molar-refractivity contribution in [2.45, 2.75) is 30.8 Å². The molecule has 0 bridgehead atoms. The molecule has 2 unspecified atom stereocenters. The summed E-state index contributed by atoms with van der Waals surface area (Å²) in [6, 6.07) is 0. The molecule has 0 aromatic heterocycles. The van der Waals surface area contributed by atoms with Crippen LogP contribution in [0.5, 0.6) is 0 Å². The Morgan fingerprint density at radius 1 is 1.00 bits per heavy atom. The zero-order chi connectivity index (χ0) is 10.5. The summed E-state index contributed by atoms with van der Waals surface area (Å²) in [5, 5.41) is 0. The first-order chi connectivity index (χ1) is 7.19. The summed E-state index contributed by atoms with van der Waals surface area (Å²) in [6.45, 7) is 0.795. The van der Waals surface area contributed by atoms with Crippen LogP contribution in [0.3, 0.4) is 0 Å². The summed E-state index contributed by atoms with van der Waals surface area (Å²) in [5.74, 6) is -1.92. The van der Waals surface area contributed by atoms with E-state index in [1.165, 1.54) is 0 Å². The molecule has 3 fully saturated rings. The first kappa shape index (κ1) is 9.11. The standard InChI is InChI=1S/C9H10O6/c10-7(5-3-12-5)14-9(1-2-9)15-8(11)6-4-13-6/h5-6H,1-4H2. The molecule has 6 nitrogen and oxygen atoms in total. The van der Waals surface area contributed by atoms with Gasteiger partial charge in [0.15, 0.2) is 12.2 Å². The van der Waals surface area contributed by atoms with Crippen molar-refractivity contribution in [1.29, 1.82) is 0 Å². The smallest absolute Gasteiger partial charge is 0.340 e. The van der Waals surface area contributed by atoms with Crippen LogP contribution in [0.15, 0.2) is 0 Å². The predicted octanol–water partition coefficient (Wildman–Crippen LogP) is -0.640. The molecule has 2 atom stereocenters. The number of ether oxygens (including phenoxy) is 4. The molecule has 1 aliphatic carbocycles. The average Bonchev–Trinajstić information content (AvgIpc) is 3.02. The maximum atomic E-state index is 11.3. The molecule has 2 saturated heterocycles. The molecule has 2 aliphatic heterocycles. The number of hydrogen-bond acceptors (Lipinski definition) is 6. The van der Waals surface area contributed by atoms with E-state index < -0.39 is 29.9 Å². The molecule has 0 N–H and O–H groups in total. The Morgan fingerprint density at radius 3 is 1.67 bits per heavy atom. The number of esters is 2. The summed E-state index contributed by atoms with van der Waals surface area (Å²) in [4.78, 5) is 22.5. The summed E-state index contributed by atoms with van der Waals surface area (Å²) >= 11 is 0. The molecular formula is C9H10O6. The van der Waals surface area contributed by atoms with Gasteiger partial charge in [0.2, 0.25) is 0 Å². The predicted molar refractivity (Wildman–Crippen MR) is 43.6 cm³/mol. The highest BCUT2D eigenvalue weighted by molar-refractivity contribution is 5.79. The first-order valence-electron chi connectivity index (χ1n) is 4.87. The molecule has 3 rings (SSSR count). The average molecular weight is 214 g/mol. The zero-order valence-electron chi connectivity index (χ0n) is 7.93. The van der Waals surface area contributed by atoms with Gasteiger partial charge in [0, 0.05) is 12.8 Å². The van der Waals surface area contributed by atoms with Gasteiger partial charge in [-0.05, 0) is 0 Å². The summed E-state index contributed by atoms with van der Waals surface area (Å²) < 4.78 is 19.7. The molecule has 0 radical (unpaired) electrons. The van der Waals surface area contributed by atoms with Gasteiger partial charge in [0.1, 0.15) is 0 Å². The molecule has 82 valence electrons. The van der Waals surface area contributed by atoms with E-state index in [4.69, 9.17) is 18.9 Å². The van der Waals surface area contributed by atoms with Crippen molar-refractivity contribution in [3.63, 3.8) is 0 Å². The maximum Gasteiger partial charge on any atom is 0.340 e. The SMILES string of the molecule is O=C(OC1(OC(=O)C2CO2)CC1)C1CO1.